The molecule has 2 amide bonds. The van der Waals surface area contributed by atoms with Crippen molar-refractivity contribution in [1.82, 2.24) is 5.32 Å². The van der Waals surface area contributed by atoms with Crippen LogP contribution in [0.5, 0.6) is 0 Å². The zero-order chi connectivity index (χ0) is 15.6. The summed E-state index contributed by atoms with van der Waals surface area (Å²) in [6, 6.07) is 6.90. The van der Waals surface area contributed by atoms with Crippen LogP contribution < -0.4 is 16.4 Å². The summed E-state index contributed by atoms with van der Waals surface area (Å²) in [4.78, 5) is 23.9. The summed E-state index contributed by atoms with van der Waals surface area (Å²) >= 11 is 0. The van der Waals surface area contributed by atoms with Gasteiger partial charge in [0.2, 0.25) is 5.91 Å². The van der Waals surface area contributed by atoms with Crippen LogP contribution >= 0.6 is 12.4 Å². The van der Waals surface area contributed by atoms with Gasteiger partial charge in [0.25, 0.3) is 5.91 Å². The van der Waals surface area contributed by atoms with Crippen molar-refractivity contribution in [1.29, 1.82) is 0 Å². The summed E-state index contributed by atoms with van der Waals surface area (Å²) in [7, 11) is 0. The third-order valence-electron chi connectivity index (χ3n) is 3.82. The fourth-order valence-corrected chi connectivity index (χ4v) is 2.06. The largest absolute Gasteiger partial charge is 0.346 e. The van der Waals surface area contributed by atoms with E-state index in [1.54, 1.807) is 24.3 Å². The number of anilines is 1. The van der Waals surface area contributed by atoms with Crippen molar-refractivity contribution in [2.24, 2.45) is 17.6 Å². The van der Waals surface area contributed by atoms with Crippen LogP contribution in [0.25, 0.3) is 0 Å². The molecular formula is C16H24ClN3O2. The number of hydrogen-bond donors (Lipinski definition) is 3. The predicted octanol–water partition coefficient (Wildman–Crippen LogP) is 2.17. The van der Waals surface area contributed by atoms with E-state index in [1.165, 1.54) is 0 Å². The Kier molecular flexibility index (Phi) is 5.97. The summed E-state index contributed by atoms with van der Waals surface area (Å²) < 4.78 is 0. The Morgan fingerprint density at radius 3 is 2.27 bits per heavy atom. The van der Waals surface area contributed by atoms with E-state index in [-0.39, 0.29) is 30.1 Å². The van der Waals surface area contributed by atoms with Crippen LogP contribution in [-0.2, 0) is 4.79 Å². The molecule has 0 spiro atoms. The first kappa shape index (κ1) is 18.5. The van der Waals surface area contributed by atoms with Crippen LogP contribution in [0.4, 0.5) is 5.69 Å². The lowest BCUT2D eigenvalue weighted by molar-refractivity contribution is -0.117. The van der Waals surface area contributed by atoms with Crippen molar-refractivity contribution in [3.63, 3.8) is 0 Å². The van der Waals surface area contributed by atoms with E-state index in [9.17, 15) is 9.59 Å². The van der Waals surface area contributed by atoms with Crippen molar-refractivity contribution >= 4 is 29.9 Å². The van der Waals surface area contributed by atoms with Crippen LogP contribution in [-0.4, -0.2) is 23.9 Å². The van der Waals surface area contributed by atoms with E-state index in [1.807, 2.05) is 13.8 Å². The van der Waals surface area contributed by atoms with Crippen LogP contribution in [0.1, 0.15) is 37.6 Å². The summed E-state index contributed by atoms with van der Waals surface area (Å²) in [6.07, 6.45) is 0.959. The Morgan fingerprint density at radius 1 is 1.27 bits per heavy atom. The molecule has 4 N–H and O–H groups in total. The maximum absolute atomic E-state index is 12.1. The average molecular weight is 326 g/mol. The molecule has 1 fully saturated rings. The molecule has 122 valence electrons. The number of rotatable bonds is 5. The van der Waals surface area contributed by atoms with Gasteiger partial charge in [-0.2, -0.15) is 0 Å². The van der Waals surface area contributed by atoms with Crippen LogP contribution in [0, 0.1) is 11.8 Å². The number of halogens is 1. The molecule has 1 aliphatic carbocycles. The van der Waals surface area contributed by atoms with E-state index in [0.29, 0.717) is 23.7 Å². The monoisotopic (exact) mass is 325 g/mol. The lowest BCUT2D eigenvalue weighted by Gasteiger charge is -2.24. The summed E-state index contributed by atoms with van der Waals surface area (Å²) in [5.74, 6) is 0.509. The predicted molar refractivity (Wildman–Crippen MR) is 90.2 cm³/mol. The highest BCUT2D eigenvalue weighted by Gasteiger charge is 2.39. The SMILES string of the molecule is CC1CC1C(=O)Nc1ccc(C(=O)NC(C)(C)CN)cc1.Cl. The van der Waals surface area contributed by atoms with E-state index >= 15 is 0 Å². The molecule has 5 nitrogen and oxygen atoms in total. The second-order valence-electron chi connectivity index (χ2n) is 6.43. The molecule has 0 aromatic heterocycles. The molecule has 6 heteroatoms. The molecule has 0 aliphatic heterocycles. The van der Waals surface area contributed by atoms with E-state index in [2.05, 4.69) is 17.6 Å². The van der Waals surface area contributed by atoms with Crippen molar-refractivity contribution in [2.45, 2.75) is 32.7 Å². The van der Waals surface area contributed by atoms with Gasteiger partial charge in [-0.3, -0.25) is 9.59 Å². The molecule has 1 aliphatic rings. The third kappa shape index (κ3) is 4.71. The van der Waals surface area contributed by atoms with E-state index in [0.717, 1.165) is 6.42 Å². The number of nitrogens with one attached hydrogen (secondary N) is 2. The lowest BCUT2D eigenvalue weighted by Crippen LogP contribution is -2.48. The first-order chi connectivity index (χ1) is 9.82. The topological polar surface area (TPSA) is 84.2 Å². The summed E-state index contributed by atoms with van der Waals surface area (Å²) in [5.41, 5.74) is 6.42. The molecule has 0 saturated heterocycles. The van der Waals surface area contributed by atoms with Gasteiger partial charge in [-0.15, -0.1) is 12.4 Å². The van der Waals surface area contributed by atoms with Crippen LogP contribution in [0.3, 0.4) is 0 Å². The Balaban J connectivity index is 0.00000242. The van der Waals surface area contributed by atoms with Gasteiger partial charge in [0.1, 0.15) is 0 Å². The Hall–Kier alpha value is -1.59. The number of benzene rings is 1. The average Bonchev–Trinajstić information content (AvgIpc) is 3.16. The fraction of sp³-hybridized carbons (Fsp3) is 0.500. The Bertz CT molecular complexity index is 543. The van der Waals surface area contributed by atoms with Gasteiger partial charge in [0.15, 0.2) is 0 Å². The lowest BCUT2D eigenvalue weighted by atomic mass is 10.1. The minimum absolute atomic E-state index is 0. The number of carbonyl (C=O) groups excluding carboxylic acids is 2. The van der Waals surface area contributed by atoms with Crippen molar-refractivity contribution in [3.8, 4) is 0 Å². The normalized spacial score (nSPS) is 19.8. The first-order valence-electron chi connectivity index (χ1n) is 7.26. The van der Waals surface area contributed by atoms with Gasteiger partial charge in [0.05, 0.1) is 0 Å². The second kappa shape index (κ2) is 7.11. The zero-order valence-corrected chi connectivity index (χ0v) is 14.0. The fourth-order valence-electron chi connectivity index (χ4n) is 2.06. The van der Waals surface area contributed by atoms with Gasteiger partial charge >= 0.3 is 0 Å². The highest BCUT2D eigenvalue weighted by atomic mass is 35.5. The molecule has 2 unspecified atom stereocenters. The second-order valence-corrected chi connectivity index (χ2v) is 6.43. The molecule has 0 radical (unpaired) electrons. The maximum atomic E-state index is 12.1. The number of nitrogens with two attached hydrogens (primary N) is 1. The van der Waals surface area contributed by atoms with Gasteiger partial charge in [0, 0.05) is 29.3 Å². The molecule has 0 heterocycles. The molecule has 1 saturated carbocycles. The van der Waals surface area contributed by atoms with Gasteiger partial charge in [-0.1, -0.05) is 6.92 Å². The maximum Gasteiger partial charge on any atom is 0.251 e. The van der Waals surface area contributed by atoms with Crippen LogP contribution in [0.15, 0.2) is 24.3 Å². The minimum atomic E-state index is -0.438. The van der Waals surface area contributed by atoms with Crippen molar-refractivity contribution < 1.29 is 9.59 Å². The van der Waals surface area contributed by atoms with Gasteiger partial charge in [-0.25, -0.2) is 0 Å². The molecule has 1 aromatic carbocycles. The summed E-state index contributed by atoms with van der Waals surface area (Å²) in [5, 5.41) is 5.73. The molecule has 2 atom stereocenters. The smallest absolute Gasteiger partial charge is 0.251 e. The number of hydrogen-bond acceptors (Lipinski definition) is 3. The van der Waals surface area contributed by atoms with Crippen molar-refractivity contribution in [2.75, 3.05) is 11.9 Å². The van der Waals surface area contributed by atoms with Crippen molar-refractivity contribution in [3.05, 3.63) is 29.8 Å². The number of amides is 2. The van der Waals surface area contributed by atoms with Gasteiger partial charge in [-0.05, 0) is 50.5 Å². The Morgan fingerprint density at radius 2 is 1.82 bits per heavy atom. The van der Waals surface area contributed by atoms with Gasteiger partial charge < -0.3 is 16.4 Å². The minimum Gasteiger partial charge on any atom is -0.346 e. The van der Waals surface area contributed by atoms with Crippen LogP contribution in [0.2, 0.25) is 0 Å². The highest BCUT2D eigenvalue weighted by Crippen LogP contribution is 2.38. The molecule has 1 aromatic rings. The summed E-state index contributed by atoms with van der Waals surface area (Å²) in [6.45, 7) is 6.18. The standard InChI is InChI=1S/C16H23N3O2.ClH/c1-10-8-13(10)15(21)18-12-6-4-11(5-7-12)14(20)19-16(2,3)9-17;/h4-7,10,13H,8-9,17H2,1-3H3,(H,18,21)(H,19,20);1H. The highest BCUT2D eigenvalue weighted by molar-refractivity contribution is 5.97. The Labute approximate surface area is 137 Å². The first-order valence-corrected chi connectivity index (χ1v) is 7.26. The molecule has 22 heavy (non-hydrogen) atoms. The molecule has 2 rings (SSSR count). The van der Waals surface area contributed by atoms with E-state index < -0.39 is 5.54 Å². The third-order valence-corrected chi connectivity index (χ3v) is 3.82. The zero-order valence-electron chi connectivity index (χ0n) is 13.2. The van der Waals surface area contributed by atoms with E-state index in [4.69, 9.17) is 5.73 Å². The number of carbonyl (C=O) groups is 2. The molecule has 0 bridgehead atoms. The molecular weight excluding hydrogens is 302 g/mol. The quantitative estimate of drug-likeness (QED) is 0.775.